The van der Waals surface area contributed by atoms with E-state index in [1.165, 1.54) is 0 Å². The summed E-state index contributed by atoms with van der Waals surface area (Å²) in [7, 11) is 0. The first-order chi connectivity index (χ1) is 6.61. The van der Waals surface area contributed by atoms with Gasteiger partial charge in [-0.1, -0.05) is 0 Å². The standard InChI is InChI=1S/C10H16N4/c1-6(2)14-4-8-9(7(14)3)10(11)13-5-12-8/h5-7H,4H2,1-3H3,(H2,11,12,13). The molecule has 2 rings (SSSR count). The van der Waals surface area contributed by atoms with E-state index >= 15 is 0 Å². The summed E-state index contributed by atoms with van der Waals surface area (Å²) in [5.41, 5.74) is 8.04. The molecule has 0 amide bonds. The monoisotopic (exact) mass is 192 g/mol. The molecule has 4 nitrogen and oxygen atoms in total. The van der Waals surface area contributed by atoms with Crippen LogP contribution in [0.25, 0.3) is 0 Å². The van der Waals surface area contributed by atoms with Gasteiger partial charge in [0.25, 0.3) is 0 Å². The third kappa shape index (κ3) is 1.26. The van der Waals surface area contributed by atoms with E-state index in [4.69, 9.17) is 5.73 Å². The van der Waals surface area contributed by atoms with Gasteiger partial charge < -0.3 is 5.73 Å². The first-order valence-electron chi connectivity index (χ1n) is 4.96. The van der Waals surface area contributed by atoms with E-state index < -0.39 is 0 Å². The van der Waals surface area contributed by atoms with Gasteiger partial charge in [0.1, 0.15) is 12.1 Å². The van der Waals surface area contributed by atoms with E-state index in [-0.39, 0.29) is 0 Å². The van der Waals surface area contributed by atoms with Gasteiger partial charge in [0.2, 0.25) is 0 Å². The van der Waals surface area contributed by atoms with E-state index in [1.807, 2.05) is 0 Å². The lowest BCUT2D eigenvalue weighted by Crippen LogP contribution is -2.27. The Balaban J connectivity index is 2.41. The summed E-state index contributed by atoms with van der Waals surface area (Å²) in [5.74, 6) is 0.630. The van der Waals surface area contributed by atoms with Crippen LogP contribution in [-0.4, -0.2) is 20.9 Å². The van der Waals surface area contributed by atoms with Crippen LogP contribution < -0.4 is 5.73 Å². The molecule has 1 aromatic rings. The van der Waals surface area contributed by atoms with Crippen molar-refractivity contribution in [3.8, 4) is 0 Å². The van der Waals surface area contributed by atoms with Gasteiger partial charge in [-0.15, -0.1) is 0 Å². The Morgan fingerprint density at radius 2 is 2.21 bits per heavy atom. The van der Waals surface area contributed by atoms with Crippen LogP contribution in [-0.2, 0) is 6.54 Å². The van der Waals surface area contributed by atoms with Gasteiger partial charge in [0, 0.05) is 24.2 Å². The van der Waals surface area contributed by atoms with Gasteiger partial charge in [0.05, 0.1) is 5.69 Å². The molecule has 2 N–H and O–H groups in total. The molecule has 0 spiro atoms. The van der Waals surface area contributed by atoms with Gasteiger partial charge in [0.15, 0.2) is 0 Å². The minimum atomic E-state index is 0.339. The average Bonchev–Trinajstić information content (AvgIpc) is 2.45. The molecule has 1 aliphatic rings. The topological polar surface area (TPSA) is 55.0 Å². The second-order valence-corrected chi connectivity index (χ2v) is 4.06. The SMILES string of the molecule is CC(C)N1Cc2ncnc(N)c2C1C. The van der Waals surface area contributed by atoms with Gasteiger partial charge in [-0.2, -0.15) is 0 Å². The Morgan fingerprint density at radius 1 is 1.50 bits per heavy atom. The summed E-state index contributed by atoms with van der Waals surface area (Å²) >= 11 is 0. The highest BCUT2D eigenvalue weighted by Crippen LogP contribution is 2.35. The fourth-order valence-corrected chi connectivity index (χ4v) is 2.13. The number of aromatic nitrogens is 2. The molecule has 2 heterocycles. The molecule has 1 unspecified atom stereocenters. The van der Waals surface area contributed by atoms with Crippen LogP contribution in [0.4, 0.5) is 5.82 Å². The summed E-state index contributed by atoms with van der Waals surface area (Å²) in [6.07, 6.45) is 1.55. The van der Waals surface area contributed by atoms with Crippen molar-refractivity contribution in [1.29, 1.82) is 0 Å². The van der Waals surface area contributed by atoms with Crippen molar-refractivity contribution >= 4 is 5.82 Å². The molecule has 14 heavy (non-hydrogen) atoms. The molecule has 0 aliphatic carbocycles. The van der Waals surface area contributed by atoms with Crippen molar-refractivity contribution in [3.63, 3.8) is 0 Å². The van der Waals surface area contributed by atoms with Crippen molar-refractivity contribution < 1.29 is 0 Å². The summed E-state index contributed by atoms with van der Waals surface area (Å²) in [6, 6.07) is 0.852. The molecular formula is C10H16N4. The molecule has 0 saturated heterocycles. The van der Waals surface area contributed by atoms with E-state index in [0.29, 0.717) is 17.9 Å². The van der Waals surface area contributed by atoms with Crippen LogP contribution in [0.15, 0.2) is 6.33 Å². The molecule has 4 heteroatoms. The predicted molar refractivity (Wildman–Crippen MR) is 55.5 cm³/mol. The highest BCUT2D eigenvalue weighted by molar-refractivity contribution is 5.45. The molecule has 1 aliphatic heterocycles. The van der Waals surface area contributed by atoms with Crippen molar-refractivity contribution in [2.45, 2.75) is 39.4 Å². The molecule has 0 radical (unpaired) electrons. The second-order valence-electron chi connectivity index (χ2n) is 4.06. The molecule has 0 bridgehead atoms. The molecule has 76 valence electrons. The van der Waals surface area contributed by atoms with Crippen LogP contribution in [0.2, 0.25) is 0 Å². The third-order valence-corrected chi connectivity index (χ3v) is 2.91. The molecule has 0 aromatic carbocycles. The van der Waals surface area contributed by atoms with Crippen molar-refractivity contribution in [1.82, 2.24) is 14.9 Å². The summed E-state index contributed by atoms with van der Waals surface area (Å²) in [5, 5.41) is 0. The number of fused-ring (bicyclic) bond motifs is 1. The zero-order valence-corrected chi connectivity index (χ0v) is 8.86. The molecule has 0 saturated carbocycles. The lowest BCUT2D eigenvalue weighted by molar-refractivity contribution is 0.179. The highest BCUT2D eigenvalue weighted by atomic mass is 15.2. The highest BCUT2D eigenvalue weighted by Gasteiger charge is 2.31. The zero-order valence-electron chi connectivity index (χ0n) is 8.86. The smallest absolute Gasteiger partial charge is 0.131 e. The number of nitrogens with two attached hydrogens (primary N) is 1. The van der Waals surface area contributed by atoms with Crippen LogP contribution >= 0.6 is 0 Å². The fourth-order valence-electron chi connectivity index (χ4n) is 2.13. The average molecular weight is 192 g/mol. The largest absolute Gasteiger partial charge is 0.383 e. The van der Waals surface area contributed by atoms with Crippen LogP contribution in [0, 0.1) is 0 Å². The van der Waals surface area contributed by atoms with Crippen molar-refractivity contribution in [2.75, 3.05) is 5.73 Å². The number of rotatable bonds is 1. The van der Waals surface area contributed by atoms with Crippen LogP contribution in [0.1, 0.15) is 38.1 Å². The lowest BCUT2D eigenvalue weighted by Gasteiger charge is -2.25. The zero-order chi connectivity index (χ0) is 10.3. The van der Waals surface area contributed by atoms with Crippen molar-refractivity contribution in [2.24, 2.45) is 0 Å². The number of hydrogen-bond donors (Lipinski definition) is 1. The minimum absolute atomic E-state index is 0.339. The maximum Gasteiger partial charge on any atom is 0.131 e. The first-order valence-corrected chi connectivity index (χ1v) is 4.96. The quantitative estimate of drug-likeness (QED) is 0.729. The lowest BCUT2D eigenvalue weighted by atomic mass is 10.1. The predicted octanol–water partition coefficient (Wildman–Crippen LogP) is 1.34. The normalized spacial score (nSPS) is 21.6. The first kappa shape index (κ1) is 9.40. The number of hydrogen-bond acceptors (Lipinski definition) is 4. The number of nitrogen functional groups attached to an aromatic ring is 1. The van der Waals surface area contributed by atoms with Gasteiger partial charge in [-0.3, -0.25) is 4.90 Å². The summed E-state index contributed by atoms with van der Waals surface area (Å²) < 4.78 is 0. The minimum Gasteiger partial charge on any atom is -0.383 e. The number of anilines is 1. The Hall–Kier alpha value is -1.16. The molecule has 0 fully saturated rings. The maximum atomic E-state index is 5.85. The Bertz CT molecular complexity index is 348. The van der Waals surface area contributed by atoms with Gasteiger partial charge in [-0.05, 0) is 20.8 Å². The Labute approximate surface area is 84.2 Å². The molecule has 1 aromatic heterocycles. The van der Waals surface area contributed by atoms with Crippen molar-refractivity contribution in [3.05, 3.63) is 17.6 Å². The van der Waals surface area contributed by atoms with Gasteiger partial charge >= 0.3 is 0 Å². The second kappa shape index (κ2) is 3.20. The van der Waals surface area contributed by atoms with Crippen LogP contribution in [0.3, 0.4) is 0 Å². The van der Waals surface area contributed by atoms with E-state index in [2.05, 4.69) is 35.6 Å². The Kier molecular flexibility index (Phi) is 2.15. The number of nitrogens with zero attached hydrogens (tertiary/aromatic N) is 3. The summed E-state index contributed by atoms with van der Waals surface area (Å²) in [6.45, 7) is 7.42. The molecular weight excluding hydrogens is 176 g/mol. The van der Waals surface area contributed by atoms with E-state index in [0.717, 1.165) is 17.8 Å². The molecule has 1 atom stereocenters. The van der Waals surface area contributed by atoms with Crippen LogP contribution in [0.5, 0.6) is 0 Å². The fraction of sp³-hybridized carbons (Fsp3) is 0.600. The third-order valence-electron chi connectivity index (χ3n) is 2.91. The van der Waals surface area contributed by atoms with E-state index in [1.54, 1.807) is 6.33 Å². The maximum absolute atomic E-state index is 5.85. The van der Waals surface area contributed by atoms with E-state index in [9.17, 15) is 0 Å². The van der Waals surface area contributed by atoms with Gasteiger partial charge in [-0.25, -0.2) is 9.97 Å². The Morgan fingerprint density at radius 3 is 2.79 bits per heavy atom. The summed E-state index contributed by atoms with van der Waals surface area (Å²) in [4.78, 5) is 10.7.